The zero-order chi connectivity index (χ0) is 27.8. The van der Waals surface area contributed by atoms with E-state index in [0.717, 1.165) is 18.2 Å². The predicted molar refractivity (Wildman–Crippen MR) is 133 cm³/mol. The Labute approximate surface area is 217 Å². The number of imide groups is 1. The molecule has 3 rings (SSSR count). The molecule has 1 saturated carbocycles. The summed E-state index contributed by atoms with van der Waals surface area (Å²) in [6, 6.07) is 2.84. The molecular formula is C24H34F2N2O7SSi. The zero-order valence-electron chi connectivity index (χ0n) is 21.6. The van der Waals surface area contributed by atoms with Gasteiger partial charge in [-0.3, -0.25) is 19.7 Å². The van der Waals surface area contributed by atoms with Gasteiger partial charge in [0.2, 0.25) is 17.6 Å². The van der Waals surface area contributed by atoms with E-state index in [1.165, 1.54) is 0 Å². The summed E-state index contributed by atoms with van der Waals surface area (Å²) in [5, 5.41) is 2.27. The van der Waals surface area contributed by atoms with E-state index in [2.05, 4.69) is 10.0 Å². The van der Waals surface area contributed by atoms with Crippen LogP contribution < -0.4 is 14.2 Å². The molecule has 1 aliphatic carbocycles. The number of halogens is 2. The lowest BCUT2D eigenvalue weighted by Gasteiger charge is -2.44. The summed E-state index contributed by atoms with van der Waals surface area (Å²) < 4.78 is 67.1. The van der Waals surface area contributed by atoms with E-state index in [9.17, 15) is 31.6 Å². The Morgan fingerprint density at radius 1 is 1.11 bits per heavy atom. The summed E-state index contributed by atoms with van der Waals surface area (Å²) >= 11 is 0. The van der Waals surface area contributed by atoms with Gasteiger partial charge in [0.1, 0.15) is 5.78 Å². The summed E-state index contributed by atoms with van der Waals surface area (Å²) in [6.45, 7) is 9.14. The lowest BCUT2D eigenvalue weighted by atomic mass is 9.68. The molecule has 2 N–H and O–H groups in total. The van der Waals surface area contributed by atoms with Gasteiger partial charge in [-0.15, -0.1) is 0 Å². The normalized spacial score (nSPS) is 26.6. The molecule has 9 nitrogen and oxygen atoms in total. The zero-order valence-corrected chi connectivity index (χ0v) is 23.4. The standard InChI is InChI=1S/C24H34F2N2O7SSi/c1-14-12-24(2,28-36(32,33)34-23-17(25)7-6-8-18(23)26)13-16(22(14)31)19(35-37(3,4)5)9-15-10-20(29)27-21(30)11-15/h6-8,14-16,19,28H,9-13H2,1-5H3,(H,27,29,30)/t14-,16-,19+,24+/m0/s1. The molecular weight excluding hydrogens is 526 g/mol. The summed E-state index contributed by atoms with van der Waals surface area (Å²) in [7, 11) is -6.89. The third kappa shape index (κ3) is 7.88. The maximum Gasteiger partial charge on any atom is 0.383 e. The summed E-state index contributed by atoms with van der Waals surface area (Å²) in [5.74, 6) is -5.86. The Hall–Kier alpha value is -2.22. The number of para-hydroxylation sites is 1. The van der Waals surface area contributed by atoms with E-state index in [-0.39, 0.29) is 55.6 Å². The van der Waals surface area contributed by atoms with Crippen LogP contribution in [0.5, 0.6) is 5.75 Å². The highest BCUT2D eigenvalue weighted by Crippen LogP contribution is 2.40. The molecule has 0 spiro atoms. The van der Waals surface area contributed by atoms with Crippen molar-refractivity contribution in [3.05, 3.63) is 29.8 Å². The number of Topliss-reactive ketones (excluding diaryl/α,β-unsaturated/α-hetero) is 1. The van der Waals surface area contributed by atoms with Crippen LogP contribution in [0.3, 0.4) is 0 Å². The second-order valence-electron chi connectivity index (χ2n) is 11.3. The van der Waals surface area contributed by atoms with E-state index >= 15 is 0 Å². The maximum absolute atomic E-state index is 14.0. The van der Waals surface area contributed by atoms with Crippen LogP contribution in [0.4, 0.5) is 8.78 Å². The molecule has 0 bridgehead atoms. The van der Waals surface area contributed by atoms with Crippen molar-refractivity contribution >= 4 is 36.2 Å². The Bertz CT molecular complexity index is 1140. The first-order chi connectivity index (χ1) is 17.0. The van der Waals surface area contributed by atoms with E-state index in [1.807, 2.05) is 19.6 Å². The Kier molecular flexibility index (Phi) is 8.62. The van der Waals surface area contributed by atoms with Gasteiger partial charge in [0.15, 0.2) is 20.0 Å². The highest BCUT2D eigenvalue weighted by atomic mass is 32.2. The van der Waals surface area contributed by atoms with Gasteiger partial charge in [-0.1, -0.05) is 13.0 Å². The summed E-state index contributed by atoms with van der Waals surface area (Å²) in [4.78, 5) is 37.2. The van der Waals surface area contributed by atoms with Crippen molar-refractivity contribution in [2.45, 2.75) is 77.2 Å². The predicted octanol–water partition coefficient (Wildman–Crippen LogP) is 3.21. The minimum absolute atomic E-state index is 0.0422. The van der Waals surface area contributed by atoms with Crippen LogP contribution >= 0.6 is 0 Å². The first-order valence-electron chi connectivity index (χ1n) is 12.2. The monoisotopic (exact) mass is 560 g/mol. The molecule has 4 atom stereocenters. The van der Waals surface area contributed by atoms with Gasteiger partial charge in [0.05, 0.1) is 6.10 Å². The summed E-state index contributed by atoms with van der Waals surface area (Å²) in [6.07, 6.45) is 0.0698. The molecule has 0 radical (unpaired) electrons. The number of carbonyl (C=O) groups is 3. The van der Waals surface area contributed by atoms with Gasteiger partial charge in [-0.05, 0) is 63.9 Å². The first kappa shape index (κ1) is 29.3. The molecule has 2 fully saturated rings. The average Bonchev–Trinajstić information content (AvgIpc) is 2.71. The molecule has 1 heterocycles. The molecule has 13 heteroatoms. The summed E-state index contributed by atoms with van der Waals surface area (Å²) in [5.41, 5.74) is -1.20. The highest BCUT2D eigenvalue weighted by molar-refractivity contribution is 7.85. The number of benzene rings is 1. The molecule has 1 saturated heterocycles. The second-order valence-corrected chi connectivity index (χ2v) is 17.1. The minimum atomic E-state index is -4.68. The van der Waals surface area contributed by atoms with Crippen molar-refractivity contribution in [1.29, 1.82) is 0 Å². The van der Waals surface area contributed by atoms with Crippen molar-refractivity contribution in [2.75, 3.05) is 0 Å². The third-order valence-corrected chi connectivity index (χ3v) is 8.65. The molecule has 2 aliphatic rings. The number of piperidine rings is 1. The van der Waals surface area contributed by atoms with Crippen LogP contribution in [0.2, 0.25) is 19.6 Å². The topological polar surface area (TPSA) is 128 Å². The van der Waals surface area contributed by atoms with Gasteiger partial charge in [0.25, 0.3) is 0 Å². The smallest absolute Gasteiger partial charge is 0.383 e. The molecule has 1 aromatic carbocycles. The van der Waals surface area contributed by atoms with Gasteiger partial charge < -0.3 is 8.61 Å². The van der Waals surface area contributed by atoms with Gasteiger partial charge in [-0.25, -0.2) is 8.78 Å². The first-order valence-corrected chi connectivity index (χ1v) is 17.0. The van der Waals surface area contributed by atoms with Crippen molar-refractivity contribution in [1.82, 2.24) is 10.0 Å². The van der Waals surface area contributed by atoms with E-state index in [4.69, 9.17) is 8.61 Å². The van der Waals surface area contributed by atoms with Crippen LogP contribution in [0.1, 0.15) is 46.0 Å². The van der Waals surface area contributed by atoms with E-state index in [1.54, 1.807) is 13.8 Å². The maximum atomic E-state index is 14.0. The largest absolute Gasteiger partial charge is 0.414 e. The highest BCUT2D eigenvalue weighted by Gasteiger charge is 2.48. The number of hydrogen-bond acceptors (Lipinski definition) is 7. The van der Waals surface area contributed by atoms with Crippen LogP contribution in [0.15, 0.2) is 18.2 Å². The minimum Gasteiger partial charge on any atom is -0.414 e. The molecule has 0 unspecified atom stereocenters. The third-order valence-electron chi connectivity index (χ3n) is 6.51. The second kappa shape index (κ2) is 10.9. The van der Waals surface area contributed by atoms with Crippen LogP contribution in [-0.2, 0) is 29.1 Å². The number of nitrogens with one attached hydrogen (secondary N) is 2. The average molecular weight is 561 g/mol. The lowest BCUT2D eigenvalue weighted by Crippen LogP contribution is -2.57. The Morgan fingerprint density at radius 3 is 2.22 bits per heavy atom. The fourth-order valence-corrected chi connectivity index (χ4v) is 7.66. The van der Waals surface area contributed by atoms with Crippen molar-refractivity contribution in [3.63, 3.8) is 0 Å². The Morgan fingerprint density at radius 2 is 1.68 bits per heavy atom. The van der Waals surface area contributed by atoms with E-state index in [0.29, 0.717) is 0 Å². The molecule has 0 aromatic heterocycles. The molecule has 37 heavy (non-hydrogen) atoms. The van der Waals surface area contributed by atoms with Gasteiger partial charge >= 0.3 is 10.3 Å². The Balaban J connectivity index is 1.85. The molecule has 1 aromatic rings. The molecule has 1 aliphatic heterocycles. The van der Waals surface area contributed by atoms with Gasteiger partial charge in [0, 0.05) is 30.2 Å². The van der Waals surface area contributed by atoms with Crippen LogP contribution in [-0.4, -0.2) is 46.0 Å². The van der Waals surface area contributed by atoms with Crippen LogP contribution in [0, 0.1) is 29.4 Å². The number of rotatable bonds is 9. The van der Waals surface area contributed by atoms with Crippen molar-refractivity contribution in [3.8, 4) is 5.75 Å². The number of amides is 2. The number of ketones is 1. The van der Waals surface area contributed by atoms with E-state index < -0.39 is 59.5 Å². The fraction of sp³-hybridized carbons (Fsp3) is 0.625. The quantitative estimate of drug-likeness (QED) is 0.351. The number of hydrogen-bond donors (Lipinski definition) is 2. The van der Waals surface area contributed by atoms with Crippen molar-refractivity contribution in [2.24, 2.45) is 17.8 Å². The fourth-order valence-electron chi connectivity index (χ4n) is 5.30. The van der Waals surface area contributed by atoms with Gasteiger partial charge in [-0.2, -0.15) is 13.1 Å². The van der Waals surface area contributed by atoms with Crippen LogP contribution in [0.25, 0.3) is 0 Å². The lowest BCUT2D eigenvalue weighted by molar-refractivity contribution is -0.136. The SMILES string of the molecule is C[C@H]1C[C@@](C)(NS(=O)(=O)Oc2c(F)cccc2F)C[C@@H]([C@@H](CC2CC(=O)NC(=O)C2)O[Si](C)(C)C)C1=O. The number of carbonyl (C=O) groups excluding carboxylic acids is 3. The molecule has 206 valence electrons. The van der Waals surface area contributed by atoms with Crippen molar-refractivity contribution < 1.29 is 40.2 Å². The molecule has 2 amide bonds.